The molecule has 0 aliphatic carbocycles. The summed E-state index contributed by atoms with van der Waals surface area (Å²) >= 11 is 0. The fraction of sp³-hybridized carbons (Fsp3) is 0.417. The van der Waals surface area contributed by atoms with Crippen molar-refractivity contribution >= 4 is 5.97 Å². The van der Waals surface area contributed by atoms with Crippen molar-refractivity contribution in [2.75, 3.05) is 6.61 Å². The number of aryl methyl sites for hydroxylation is 1. The zero-order valence-electron chi connectivity index (χ0n) is 9.43. The van der Waals surface area contributed by atoms with Crippen molar-refractivity contribution in [3.8, 4) is 6.07 Å². The quantitative estimate of drug-likeness (QED) is 0.720. The Morgan fingerprint density at radius 1 is 1.62 bits per heavy atom. The molecule has 1 heterocycles. The zero-order chi connectivity index (χ0) is 12.0. The topological polar surface area (TPSA) is 63.0 Å². The van der Waals surface area contributed by atoms with Gasteiger partial charge >= 0.3 is 5.97 Å². The lowest BCUT2D eigenvalue weighted by atomic mass is 10.0. The number of carbonyl (C=O) groups excluding carboxylic acids is 1. The van der Waals surface area contributed by atoms with Crippen LogP contribution < -0.4 is 0 Å². The van der Waals surface area contributed by atoms with Gasteiger partial charge in [-0.3, -0.25) is 9.78 Å². The van der Waals surface area contributed by atoms with E-state index >= 15 is 0 Å². The monoisotopic (exact) mass is 218 g/mol. The first kappa shape index (κ1) is 12.2. The molecule has 0 saturated heterocycles. The summed E-state index contributed by atoms with van der Waals surface area (Å²) in [7, 11) is 0. The maximum atomic E-state index is 11.4. The van der Waals surface area contributed by atoms with E-state index < -0.39 is 11.9 Å². The molecule has 1 unspecified atom stereocenters. The minimum atomic E-state index is -0.747. The number of esters is 1. The number of aromatic nitrogens is 1. The van der Waals surface area contributed by atoms with E-state index in [9.17, 15) is 4.79 Å². The van der Waals surface area contributed by atoms with Gasteiger partial charge in [-0.1, -0.05) is 6.07 Å². The van der Waals surface area contributed by atoms with E-state index in [1.165, 1.54) is 0 Å². The number of hydrogen-bond acceptors (Lipinski definition) is 4. The van der Waals surface area contributed by atoms with Gasteiger partial charge in [0.05, 0.1) is 12.7 Å². The molecule has 0 fully saturated rings. The lowest BCUT2D eigenvalue weighted by Gasteiger charge is -2.08. The smallest absolute Gasteiger partial charge is 0.323 e. The highest BCUT2D eigenvalue weighted by Crippen LogP contribution is 2.10. The lowest BCUT2D eigenvalue weighted by Crippen LogP contribution is -2.18. The van der Waals surface area contributed by atoms with Crippen molar-refractivity contribution in [1.82, 2.24) is 4.98 Å². The van der Waals surface area contributed by atoms with E-state index in [4.69, 9.17) is 10.00 Å². The molecule has 0 N–H and O–H groups in total. The Kier molecular flexibility index (Phi) is 4.46. The van der Waals surface area contributed by atoms with E-state index in [0.717, 1.165) is 11.1 Å². The van der Waals surface area contributed by atoms with E-state index in [-0.39, 0.29) is 0 Å². The molecule has 1 atom stereocenters. The summed E-state index contributed by atoms with van der Waals surface area (Å²) in [6, 6.07) is 3.87. The van der Waals surface area contributed by atoms with Gasteiger partial charge in [0.15, 0.2) is 0 Å². The maximum Gasteiger partial charge on any atom is 0.323 e. The molecule has 0 saturated carbocycles. The molecule has 4 heteroatoms. The van der Waals surface area contributed by atoms with Gasteiger partial charge in [0.2, 0.25) is 0 Å². The van der Waals surface area contributed by atoms with Gasteiger partial charge in [-0.05, 0) is 25.0 Å². The number of rotatable bonds is 4. The largest absolute Gasteiger partial charge is 0.465 e. The second-order valence-corrected chi connectivity index (χ2v) is 3.51. The summed E-state index contributed by atoms with van der Waals surface area (Å²) in [5.74, 6) is -1.21. The van der Waals surface area contributed by atoms with E-state index in [1.807, 2.05) is 19.1 Å². The Bertz CT molecular complexity index is 410. The van der Waals surface area contributed by atoms with Gasteiger partial charge in [-0.25, -0.2) is 0 Å². The molecule has 4 nitrogen and oxygen atoms in total. The second-order valence-electron chi connectivity index (χ2n) is 3.51. The predicted octanol–water partition coefficient (Wildman–Crippen LogP) is 1.64. The fourth-order valence-corrected chi connectivity index (χ4v) is 1.39. The average molecular weight is 218 g/mol. The van der Waals surface area contributed by atoms with Crippen LogP contribution in [0.2, 0.25) is 0 Å². The van der Waals surface area contributed by atoms with Gasteiger partial charge in [-0.2, -0.15) is 5.26 Å². The molecule has 84 valence electrons. The summed E-state index contributed by atoms with van der Waals surface area (Å²) in [4.78, 5) is 15.4. The standard InChI is InChI=1S/C12H14N2O2/c1-3-16-12(15)11(6-13)5-10-4-9(2)7-14-8-10/h4,7-8,11H,3,5H2,1-2H3. The van der Waals surface area contributed by atoms with Crippen molar-refractivity contribution in [2.24, 2.45) is 5.92 Å². The highest BCUT2D eigenvalue weighted by molar-refractivity contribution is 5.75. The van der Waals surface area contributed by atoms with Crippen molar-refractivity contribution in [2.45, 2.75) is 20.3 Å². The molecular weight excluding hydrogens is 204 g/mol. The molecule has 0 aromatic carbocycles. The molecule has 0 spiro atoms. The summed E-state index contributed by atoms with van der Waals surface area (Å²) in [5.41, 5.74) is 1.89. The van der Waals surface area contributed by atoms with Crippen molar-refractivity contribution in [1.29, 1.82) is 5.26 Å². The minimum absolute atomic E-state index is 0.295. The highest BCUT2D eigenvalue weighted by Gasteiger charge is 2.19. The zero-order valence-corrected chi connectivity index (χ0v) is 9.43. The predicted molar refractivity (Wildman–Crippen MR) is 58.4 cm³/mol. The van der Waals surface area contributed by atoms with Crippen molar-refractivity contribution in [3.63, 3.8) is 0 Å². The molecule has 0 aliphatic heterocycles. The molecule has 1 aromatic rings. The van der Waals surface area contributed by atoms with Crippen LogP contribution in [0, 0.1) is 24.2 Å². The van der Waals surface area contributed by atoms with Crippen LogP contribution in [-0.2, 0) is 16.0 Å². The normalized spacial score (nSPS) is 11.6. The number of nitrogens with zero attached hydrogens (tertiary/aromatic N) is 2. The number of ether oxygens (including phenoxy) is 1. The maximum absolute atomic E-state index is 11.4. The third-order valence-corrected chi connectivity index (χ3v) is 2.10. The molecule has 0 amide bonds. The lowest BCUT2D eigenvalue weighted by molar-refractivity contribution is -0.145. The molecular formula is C12H14N2O2. The molecule has 0 radical (unpaired) electrons. The van der Waals surface area contributed by atoms with E-state index in [1.54, 1.807) is 19.3 Å². The number of hydrogen-bond donors (Lipinski definition) is 0. The Hall–Kier alpha value is -1.89. The Balaban J connectivity index is 2.71. The van der Waals surface area contributed by atoms with Crippen LogP contribution in [0.5, 0.6) is 0 Å². The van der Waals surface area contributed by atoms with Crippen molar-refractivity contribution in [3.05, 3.63) is 29.6 Å². The van der Waals surface area contributed by atoms with Crippen LogP contribution in [-0.4, -0.2) is 17.6 Å². The molecule has 16 heavy (non-hydrogen) atoms. The first-order valence-electron chi connectivity index (χ1n) is 5.14. The third kappa shape index (κ3) is 3.35. The first-order valence-corrected chi connectivity index (χ1v) is 5.14. The van der Waals surface area contributed by atoms with Gasteiger partial charge in [0.1, 0.15) is 5.92 Å². The van der Waals surface area contributed by atoms with Crippen molar-refractivity contribution < 1.29 is 9.53 Å². The van der Waals surface area contributed by atoms with Crippen LogP contribution >= 0.6 is 0 Å². The Morgan fingerprint density at radius 3 is 2.94 bits per heavy atom. The summed E-state index contributed by atoms with van der Waals surface area (Å²) < 4.78 is 4.82. The minimum Gasteiger partial charge on any atom is -0.465 e. The van der Waals surface area contributed by atoms with E-state index in [0.29, 0.717) is 13.0 Å². The number of carbonyl (C=O) groups is 1. The SMILES string of the molecule is CCOC(=O)C(C#N)Cc1cncc(C)c1. The van der Waals surface area contributed by atoms with E-state index in [2.05, 4.69) is 4.98 Å². The highest BCUT2D eigenvalue weighted by atomic mass is 16.5. The Morgan fingerprint density at radius 2 is 2.38 bits per heavy atom. The van der Waals surface area contributed by atoms with Crippen LogP contribution in [0.3, 0.4) is 0 Å². The van der Waals surface area contributed by atoms with Crippen LogP contribution in [0.25, 0.3) is 0 Å². The summed E-state index contributed by atoms with van der Waals surface area (Å²) in [6.07, 6.45) is 3.75. The van der Waals surface area contributed by atoms with Crippen LogP contribution in [0.4, 0.5) is 0 Å². The average Bonchev–Trinajstić information content (AvgIpc) is 2.26. The van der Waals surface area contributed by atoms with Gasteiger partial charge in [0, 0.05) is 18.8 Å². The third-order valence-electron chi connectivity index (χ3n) is 2.10. The first-order chi connectivity index (χ1) is 7.67. The Labute approximate surface area is 94.9 Å². The molecule has 0 aliphatic rings. The molecule has 0 bridgehead atoms. The van der Waals surface area contributed by atoms with Crippen LogP contribution in [0.1, 0.15) is 18.1 Å². The van der Waals surface area contributed by atoms with Gasteiger partial charge in [0.25, 0.3) is 0 Å². The van der Waals surface area contributed by atoms with Crippen LogP contribution in [0.15, 0.2) is 18.5 Å². The summed E-state index contributed by atoms with van der Waals surface area (Å²) in [6.45, 7) is 3.94. The molecule has 1 aromatic heterocycles. The second kappa shape index (κ2) is 5.86. The fourth-order valence-electron chi connectivity index (χ4n) is 1.39. The van der Waals surface area contributed by atoms with Gasteiger partial charge in [-0.15, -0.1) is 0 Å². The summed E-state index contributed by atoms with van der Waals surface area (Å²) in [5, 5.41) is 8.88. The van der Waals surface area contributed by atoms with Gasteiger partial charge < -0.3 is 4.74 Å². The number of nitriles is 1. The number of pyridine rings is 1. The molecule has 1 rings (SSSR count).